The van der Waals surface area contributed by atoms with Crippen molar-refractivity contribution >= 4 is 34.9 Å². The number of nitrogens with zero attached hydrogens (tertiary/aromatic N) is 2. The van der Waals surface area contributed by atoms with Crippen molar-refractivity contribution in [3.63, 3.8) is 0 Å². The van der Waals surface area contributed by atoms with Gasteiger partial charge in [0.2, 0.25) is 0 Å². The number of halogens is 1. The van der Waals surface area contributed by atoms with E-state index in [0.717, 1.165) is 18.0 Å². The van der Waals surface area contributed by atoms with Gasteiger partial charge in [-0.1, -0.05) is 18.5 Å². The van der Waals surface area contributed by atoms with Crippen LogP contribution in [0, 0.1) is 0 Å². The van der Waals surface area contributed by atoms with Crippen LogP contribution < -0.4 is 10.6 Å². The van der Waals surface area contributed by atoms with Crippen LogP contribution in [0.5, 0.6) is 0 Å². The standard InChI is InChI=1S/C11H18ClN3S/c1-4-9(7-16-3)15(2)11-10(13)5-8(12)6-14-11/h5-6,9H,4,7,13H2,1-3H3. The second-order valence-electron chi connectivity index (χ2n) is 3.69. The van der Waals surface area contributed by atoms with Crippen LogP contribution in [0.2, 0.25) is 5.02 Å². The second kappa shape index (κ2) is 6.21. The molecule has 1 atom stereocenters. The highest BCUT2D eigenvalue weighted by atomic mass is 35.5. The van der Waals surface area contributed by atoms with E-state index in [2.05, 4.69) is 23.1 Å². The number of hydrogen-bond donors (Lipinski definition) is 1. The van der Waals surface area contributed by atoms with Crippen molar-refractivity contribution in [3.8, 4) is 0 Å². The molecule has 3 nitrogen and oxygen atoms in total. The Morgan fingerprint density at radius 2 is 2.31 bits per heavy atom. The minimum Gasteiger partial charge on any atom is -0.396 e. The summed E-state index contributed by atoms with van der Waals surface area (Å²) in [6.45, 7) is 2.17. The molecule has 0 saturated carbocycles. The quantitative estimate of drug-likeness (QED) is 0.883. The van der Waals surface area contributed by atoms with Gasteiger partial charge in [0.25, 0.3) is 0 Å². The molecule has 16 heavy (non-hydrogen) atoms. The minimum atomic E-state index is 0.450. The molecule has 0 aliphatic carbocycles. The molecule has 0 bridgehead atoms. The summed E-state index contributed by atoms with van der Waals surface area (Å²) in [6, 6.07) is 2.19. The Morgan fingerprint density at radius 3 is 2.81 bits per heavy atom. The van der Waals surface area contributed by atoms with Gasteiger partial charge in [-0.2, -0.15) is 11.8 Å². The van der Waals surface area contributed by atoms with Gasteiger partial charge in [0.05, 0.1) is 10.7 Å². The first-order valence-electron chi connectivity index (χ1n) is 5.23. The maximum Gasteiger partial charge on any atom is 0.151 e. The molecule has 0 saturated heterocycles. The molecule has 1 aromatic rings. The average molecular weight is 260 g/mol. The Hall–Kier alpha value is -0.610. The number of hydrogen-bond acceptors (Lipinski definition) is 4. The first-order chi connectivity index (χ1) is 7.60. The van der Waals surface area contributed by atoms with E-state index in [4.69, 9.17) is 17.3 Å². The Bertz CT molecular complexity index is 346. The minimum absolute atomic E-state index is 0.450. The summed E-state index contributed by atoms with van der Waals surface area (Å²) in [5, 5.41) is 0.576. The number of nitrogen functional groups attached to an aromatic ring is 1. The van der Waals surface area contributed by atoms with Gasteiger partial charge in [0.15, 0.2) is 5.82 Å². The first-order valence-corrected chi connectivity index (χ1v) is 7.00. The molecule has 0 aliphatic rings. The van der Waals surface area contributed by atoms with E-state index in [1.54, 1.807) is 12.3 Å². The van der Waals surface area contributed by atoms with Crippen molar-refractivity contribution in [2.45, 2.75) is 19.4 Å². The van der Waals surface area contributed by atoms with Crippen molar-refractivity contribution < 1.29 is 0 Å². The Labute approximate surface area is 106 Å². The van der Waals surface area contributed by atoms with Crippen LogP contribution in [-0.2, 0) is 0 Å². The SMILES string of the molecule is CCC(CSC)N(C)c1ncc(Cl)cc1N. The van der Waals surface area contributed by atoms with Crippen molar-refractivity contribution in [1.29, 1.82) is 0 Å². The highest BCUT2D eigenvalue weighted by Gasteiger charge is 2.16. The second-order valence-corrected chi connectivity index (χ2v) is 5.04. The van der Waals surface area contributed by atoms with Crippen LogP contribution in [-0.4, -0.2) is 30.1 Å². The summed E-state index contributed by atoms with van der Waals surface area (Å²) in [4.78, 5) is 6.42. The third kappa shape index (κ3) is 3.19. The lowest BCUT2D eigenvalue weighted by Gasteiger charge is -2.28. The maximum absolute atomic E-state index is 5.92. The molecule has 1 unspecified atom stereocenters. The fourth-order valence-corrected chi connectivity index (χ4v) is 2.62. The molecular formula is C11H18ClN3S. The molecule has 90 valence electrons. The van der Waals surface area contributed by atoms with E-state index in [1.165, 1.54) is 0 Å². The largest absolute Gasteiger partial charge is 0.396 e. The maximum atomic E-state index is 5.92. The lowest BCUT2D eigenvalue weighted by molar-refractivity contribution is 0.667. The molecule has 1 rings (SSSR count). The van der Waals surface area contributed by atoms with E-state index < -0.39 is 0 Å². The predicted octanol–water partition coefficient (Wildman–Crippen LogP) is 2.90. The van der Waals surface area contributed by atoms with Crippen LogP contribution in [0.25, 0.3) is 0 Å². The van der Waals surface area contributed by atoms with E-state index in [1.807, 2.05) is 18.8 Å². The molecule has 0 amide bonds. The molecule has 2 N–H and O–H groups in total. The number of thioether (sulfide) groups is 1. The van der Waals surface area contributed by atoms with Gasteiger partial charge in [-0.05, 0) is 18.7 Å². The van der Waals surface area contributed by atoms with Crippen LogP contribution in [0.15, 0.2) is 12.3 Å². The molecule has 0 fully saturated rings. The van der Waals surface area contributed by atoms with Gasteiger partial charge < -0.3 is 10.6 Å². The van der Waals surface area contributed by atoms with Gasteiger partial charge >= 0.3 is 0 Å². The van der Waals surface area contributed by atoms with E-state index in [-0.39, 0.29) is 0 Å². The van der Waals surface area contributed by atoms with Gasteiger partial charge in [0, 0.05) is 25.0 Å². The molecule has 1 heterocycles. The third-order valence-corrected chi connectivity index (χ3v) is 3.50. The van der Waals surface area contributed by atoms with Crippen molar-refractivity contribution in [3.05, 3.63) is 17.3 Å². The van der Waals surface area contributed by atoms with Gasteiger partial charge in [-0.15, -0.1) is 0 Å². The zero-order valence-corrected chi connectivity index (χ0v) is 11.5. The topological polar surface area (TPSA) is 42.2 Å². The van der Waals surface area contributed by atoms with E-state index in [9.17, 15) is 0 Å². The molecule has 0 aromatic carbocycles. The fraction of sp³-hybridized carbons (Fsp3) is 0.545. The highest BCUT2D eigenvalue weighted by Crippen LogP contribution is 2.25. The summed E-state index contributed by atoms with van der Waals surface area (Å²) >= 11 is 7.66. The molecule has 0 spiro atoms. The molecule has 1 aromatic heterocycles. The molecule has 5 heteroatoms. The normalized spacial score (nSPS) is 12.5. The number of aromatic nitrogens is 1. The number of anilines is 2. The average Bonchev–Trinajstić information content (AvgIpc) is 2.25. The lowest BCUT2D eigenvalue weighted by Crippen LogP contribution is -2.34. The smallest absolute Gasteiger partial charge is 0.151 e. The molecule has 0 aliphatic heterocycles. The Kier molecular flexibility index (Phi) is 5.22. The van der Waals surface area contributed by atoms with Crippen LogP contribution >= 0.6 is 23.4 Å². The third-order valence-electron chi connectivity index (χ3n) is 2.57. The molecule has 0 radical (unpaired) electrons. The zero-order valence-electron chi connectivity index (χ0n) is 9.90. The summed E-state index contributed by atoms with van der Waals surface area (Å²) < 4.78 is 0. The lowest BCUT2D eigenvalue weighted by atomic mass is 10.2. The highest BCUT2D eigenvalue weighted by molar-refractivity contribution is 7.98. The number of pyridine rings is 1. The zero-order chi connectivity index (χ0) is 12.1. The number of nitrogens with two attached hydrogens (primary N) is 1. The van der Waals surface area contributed by atoms with Crippen molar-refractivity contribution in [1.82, 2.24) is 4.98 Å². The van der Waals surface area contributed by atoms with Gasteiger partial charge in [-0.3, -0.25) is 0 Å². The van der Waals surface area contributed by atoms with E-state index in [0.29, 0.717) is 16.8 Å². The molecular weight excluding hydrogens is 242 g/mol. The summed E-state index contributed by atoms with van der Waals surface area (Å²) in [5.41, 5.74) is 6.55. The van der Waals surface area contributed by atoms with Gasteiger partial charge in [0.1, 0.15) is 0 Å². The van der Waals surface area contributed by atoms with Crippen LogP contribution in [0.3, 0.4) is 0 Å². The van der Waals surface area contributed by atoms with Crippen LogP contribution in [0.1, 0.15) is 13.3 Å². The van der Waals surface area contributed by atoms with Crippen LogP contribution in [0.4, 0.5) is 11.5 Å². The monoisotopic (exact) mass is 259 g/mol. The first kappa shape index (κ1) is 13.5. The van der Waals surface area contributed by atoms with E-state index >= 15 is 0 Å². The van der Waals surface area contributed by atoms with Gasteiger partial charge in [-0.25, -0.2) is 4.98 Å². The predicted molar refractivity (Wildman–Crippen MR) is 74.5 cm³/mol. The summed E-state index contributed by atoms with van der Waals surface area (Å²) in [5.74, 6) is 1.88. The van der Waals surface area contributed by atoms with Crippen molar-refractivity contribution in [2.75, 3.05) is 29.7 Å². The summed E-state index contributed by atoms with van der Waals surface area (Å²) in [7, 11) is 2.02. The van der Waals surface area contributed by atoms with Crippen molar-refractivity contribution in [2.24, 2.45) is 0 Å². The Balaban J connectivity index is 2.89. The fourth-order valence-electron chi connectivity index (χ4n) is 1.61. The number of rotatable bonds is 5. The Morgan fingerprint density at radius 1 is 1.62 bits per heavy atom. The summed E-state index contributed by atoms with van der Waals surface area (Å²) in [6.07, 6.45) is 4.81.